The fourth-order valence-corrected chi connectivity index (χ4v) is 3.99. The second-order valence-electron chi connectivity index (χ2n) is 7.35. The first-order valence-corrected chi connectivity index (χ1v) is 9.39. The second-order valence-corrected chi connectivity index (χ2v) is 7.35. The van der Waals surface area contributed by atoms with Crippen molar-refractivity contribution in [1.82, 2.24) is 0 Å². The van der Waals surface area contributed by atoms with Crippen molar-refractivity contribution in [2.45, 2.75) is 70.3 Å². The van der Waals surface area contributed by atoms with E-state index in [0.717, 1.165) is 37.2 Å². The summed E-state index contributed by atoms with van der Waals surface area (Å²) < 4.78 is 23.9. The molecule has 0 spiro atoms. The Kier molecular flexibility index (Phi) is 10.8. The number of halogens is 2. The molecule has 3 nitrogen and oxygen atoms in total. The average Bonchev–Trinajstić information content (AvgIpc) is 2.62. The van der Waals surface area contributed by atoms with Crippen LogP contribution in [0.4, 0.5) is 8.78 Å². The van der Waals surface area contributed by atoms with Gasteiger partial charge < -0.3 is 10.2 Å². The number of hydrogen-bond donors (Lipinski definition) is 2. The minimum atomic E-state index is -1.53. The lowest BCUT2D eigenvalue weighted by molar-refractivity contribution is -0.105. The molecular formula is C20H32F2O3. The molecule has 25 heavy (non-hydrogen) atoms. The Morgan fingerprint density at radius 1 is 1.00 bits per heavy atom. The molecule has 0 unspecified atom stereocenters. The molecule has 0 heterocycles. The first-order chi connectivity index (χ1) is 12.0. The van der Waals surface area contributed by atoms with Crippen LogP contribution in [-0.4, -0.2) is 29.2 Å². The van der Waals surface area contributed by atoms with Gasteiger partial charge in [0, 0.05) is 5.57 Å². The second kappa shape index (κ2) is 12.3. The van der Waals surface area contributed by atoms with Gasteiger partial charge in [-0.05, 0) is 75.2 Å². The lowest BCUT2D eigenvalue weighted by Crippen LogP contribution is -2.27. The predicted molar refractivity (Wildman–Crippen MR) is 95.2 cm³/mol. The third-order valence-electron chi connectivity index (χ3n) is 5.54. The summed E-state index contributed by atoms with van der Waals surface area (Å²) in [4.78, 5) is 9.48. The molecule has 2 aliphatic rings. The number of aliphatic hydroxyl groups is 2. The summed E-state index contributed by atoms with van der Waals surface area (Å²) in [6.07, 6.45) is 10.8. The highest BCUT2D eigenvalue weighted by atomic mass is 19.3. The number of carbonyl (C=O) groups is 1. The van der Waals surface area contributed by atoms with Crippen molar-refractivity contribution in [2.24, 2.45) is 17.8 Å². The molecule has 2 N–H and O–H groups in total. The summed E-state index contributed by atoms with van der Waals surface area (Å²) >= 11 is 0. The first kappa shape index (κ1) is 22.0. The Morgan fingerprint density at radius 2 is 1.52 bits per heavy atom. The van der Waals surface area contributed by atoms with E-state index in [1.54, 1.807) is 0 Å². The highest BCUT2D eigenvalue weighted by molar-refractivity contribution is 5.72. The van der Waals surface area contributed by atoms with Gasteiger partial charge >= 0.3 is 0 Å². The first-order valence-electron chi connectivity index (χ1n) is 9.39. The van der Waals surface area contributed by atoms with Gasteiger partial charge in [-0.2, -0.15) is 8.78 Å². The Bertz CT molecular complexity index is 417. The maximum Gasteiger partial charge on any atom is 0.266 e. The molecular weight excluding hydrogens is 326 g/mol. The van der Waals surface area contributed by atoms with Gasteiger partial charge in [-0.3, -0.25) is 4.79 Å². The van der Waals surface area contributed by atoms with Crippen LogP contribution in [0.5, 0.6) is 0 Å². The Hall–Kier alpha value is -1.07. The van der Waals surface area contributed by atoms with Crippen molar-refractivity contribution in [3.8, 4) is 0 Å². The molecule has 0 amide bonds. The fourth-order valence-electron chi connectivity index (χ4n) is 3.99. The summed E-state index contributed by atoms with van der Waals surface area (Å²) in [5.41, 5.74) is 0.218. The van der Waals surface area contributed by atoms with E-state index in [1.165, 1.54) is 38.5 Å². The molecule has 144 valence electrons. The molecule has 2 fully saturated rings. The van der Waals surface area contributed by atoms with Gasteiger partial charge in [0.25, 0.3) is 6.08 Å². The van der Waals surface area contributed by atoms with Crippen LogP contribution < -0.4 is 0 Å². The summed E-state index contributed by atoms with van der Waals surface area (Å²) in [7, 11) is 0. The van der Waals surface area contributed by atoms with Gasteiger partial charge in [0.05, 0.1) is 12.7 Å². The quantitative estimate of drug-likeness (QED) is 0.537. The monoisotopic (exact) mass is 358 g/mol. The predicted octanol–water partition coefficient (Wildman–Crippen LogP) is 4.64. The third-order valence-corrected chi connectivity index (χ3v) is 5.54. The van der Waals surface area contributed by atoms with Crippen LogP contribution in [-0.2, 0) is 4.79 Å². The van der Waals surface area contributed by atoms with E-state index >= 15 is 0 Å². The van der Waals surface area contributed by atoms with Crippen LogP contribution >= 0.6 is 0 Å². The molecule has 0 aromatic rings. The zero-order valence-electron chi connectivity index (χ0n) is 15.0. The Balaban J connectivity index is 0.000000450. The minimum absolute atomic E-state index is 0.0602. The van der Waals surface area contributed by atoms with Crippen molar-refractivity contribution in [2.75, 3.05) is 6.61 Å². The van der Waals surface area contributed by atoms with E-state index < -0.39 is 6.08 Å². The molecule has 0 bridgehead atoms. The van der Waals surface area contributed by atoms with Crippen molar-refractivity contribution in [1.29, 1.82) is 0 Å². The standard InChI is InChI=1S/C16H26F2O.C4H6O2/c17-16(18)3-1-2-12-4-6-13(7-5-12)14-8-10-15(19)11-9-14;1-4(2-5)3-6/h3,12-15,19H,1-2,4-11H2;2,6H,1,3H2. The topological polar surface area (TPSA) is 57.5 Å². The SMILES string of the molecule is C=C(C=O)CO.OC1CCC(C2CCC(CCC=C(F)F)CC2)CC1. The molecule has 2 aliphatic carbocycles. The van der Waals surface area contributed by atoms with Crippen LogP contribution in [0.1, 0.15) is 64.2 Å². The lowest BCUT2D eigenvalue weighted by Gasteiger charge is -2.36. The van der Waals surface area contributed by atoms with Crippen molar-refractivity contribution >= 4 is 6.29 Å². The van der Waals surface area contributed by atoms with Crippen LogP contribution in [0.25, 0.3) is 0 Å². The highest BCUT2D eigenvalue weighted by Gasteiger charge is 2.30. The van der Waals surface area contributed by atoms with E-state index in [4.69, 9.17) is 5.11 Å². The van der Waals surface area contributed by atoms with Gasteiger partial charge in [-0.1, -0.05) is 19.4 Å². The minimum Gasteiger partial charge on any atom is -0.393 e. The zero-order chi connectivity index (χ0) is 18.7. The number of hydrogen-bond acceptors (Lipinski definition) is 3. The molecule has 2 saturated carbocycles. The molecule has 0 aliphatic heterocycles. The number of aldehydes is 1. The maximum atomic E-state index is 12.0. The Morgan fingerprint density at radius 3 is 1.92 bits per heavy atom. The van der Waals surface area contributed by atoms with Crippen molar-refractivity contribution < 1.29 is 23.8 Å². The lowest BCUT2D eigenvalue weighted by atomic mass is 9.70. The summed E-state index contributed by atoms with van der Waals surface area (Å²) in [6.45, 7) is 2.94. The van der Waals surface area contributed by atoms with Crippen LogP contribution in [0.2, 0.25) is 0 Å². The molecule has 0 atom stereocenters. The van der Waals surface area contributed by atoms with Gasteiger partial charge in [0.2, 0.25) is 0 Å². The van der Waals surface area contributed by atoms with E-state index in [1.807, 2.05) is 0 Å². The number of allylic oxidation sites excluding steroid dienone is 1. The van der Waals surface area contributed by atoms with E-state index in [9.17, 15) is 18.7 Å². The van der Waals surface area contributed by atoms with E-state index in [-0.39, 0.29) is 18.3 Å². The molecule has 0 saturated heterocycles. The van der Waals surface area contributed by atoms with E-state index in [0.29, 0.717) is 18.6 Å². The third kappa shape index (κ3) is 9.26. The number of carbonyl (C=O) groups excluding carboxylic acids is 1. The van der Waals surface area contributed by atoms with Crippen LogP contribution in [0.15, 0.2) is 24.3 Å². The summed E-state index contributed by atoms with van der Waals surface area (Å²) in [5.74, 6) is 2.30. The zero-order valence-corrected chi connectivity index (χ0v) is 15.0. The normalized spacial score (nSPS) is 29.1. The summed E-state index contributed by atoms with van der Waals surface area (Å²) in [6, 6.07) is 0. The van der Waals surface area contributed by atoms with Crippen LogP contribution in [0.3, 0.4) is 0 Å². The maximum absolute atomic E-state index is 12.0. The van der Waals surface area contributed by atoms with Gasteiger partial charge in [-0.15, -0.1) is 0 Å². The largest absolute Gasteiger partial charge is 0.393 e. The highest BCUT2D eigenvalue weighted by Crippen LogP contribution is 2.41. The van der Waals surface area contributed by atoms with Gasteiger partial charge in [-0.25, -0.2) is 0 Å². The molecule has 0 aromatic heterocycles. The van der Waals surface area contributed by atoms with Gasteiger partial charge in [0.1, 0.15) is 6.29 Å². The van der Waals surface area contributed by atoms with E-state index in [2.05, 4.69) is 6.58 Å². The van der Waals surface area contributed by atoms with Gasteiger partial charge in [0.15, 0.2) is 0 Å². The number of aliphatic hydroxyl groups excluding tert-OH is 2. The van der Waals surface area contributed by atoms with Crippen molar-refractivity contribution in [3.63, 3.8) is 0 Å². The Labute approximate surface area is 149 Å². The fraction of sp³-hybridized carbons (Fsp3) is 0.750. The molecule has 2 rings (SSSR count). The smallest absolute Gasteiger partial charge is 0.266 e. The molecule has 0 radical (unpaired) electrons. The average molecular weight is 358 g/mol. The number of rotatable bonds is 6. The molecule has 5 heteroatoms. The van der Waals surface area contributed by atoms with Crippen molar-refractivity contribution in [3.05, 3.63) is 24.3 Å². The summed E-state index contributed by atoms with van der Waals surface area (Å²) in [5, 5.41) is 17.5. The van der Waals surface area contributed by atoms with Crippen LogP contribution in [0, 0.1) is 17.8 Å². The molecule has 0 aromatic carbocycles.